The van der Waals surface area contributed by atoms with E-state index in [0.717, 1.165) is 23.6 Å². The van der Waals surface area contributed by atoms with Crippen LogP contribution in [0.5, 0.6) is 0 Å². The van der Waals surface area contributed by atoms with Gasteiger partial charge in [0.2, 0.25) is 5.91 Å². The largest absolute Gasteiger partial charge is 0.477 e. The molecule has 1 aliphatic carbocycles. The molecule has 0 spiro atoms. The standard InChI is InChI=1S/C29H44N5O17P/c30-20-8-9-34(27(43)32-20)25-24(40)23(39)19(49-25)14-47-52(45,46)51-29(26(41)42)11-17(37)22(18(50-29)10-15(36)13-35)33-21(38)12-31-28(44)48-16-6-4-2-1-3-5-7-16/h1-2,8-9,15-19,22-25,35-37,39-40H,3-7,10-14H2,(H,31,44)(H,33,38)(H,41,42)(H,45,46)(H2,30,32,43)/b2-1+/t15-,16?,17?,18?,19?,22?,23?,24?,25?,29?/m0/s1. The van der Waals surface area contributed by atoms with Gasteiger partial charge >= 0.3 is 25.6 Å². The maximum absolute atomic E-state index is 13.1. The number of nitrogens with one attached hydrogen (secondary N) is 2. The predicted octanol–water partition coefficient (Wildman–Crippen LogP) is -2.65. The molecule has 292 valence electrons. The Morgan fingerprint density at radius 1 is 1.15 bits per heavy atom. The lowest BCUT2D eigenvalue weighted by molar-refractivity contribution is -0.273. The Morgan fingerprint density at radius 3 is 2.58 bits per heavy atom. The molecule has 22 nitrogen and oxygen atoms in total. The highest BCUT2D eigenvalue weighted by molar-refractivity contribution is 7.47. The van der Waals surface area contributed by atoms with Crippen LogP contribution in [0.1, 0.15) is 51.2 Å². The number of carboxylic acid groups (broad SMARTS) is 1. The molecule has 0 bridgehead atoms. The quantitative estimate of drug-likeness (QED) is 0.0683. The van der Waals surface area contributed by atoms with E-state index in [4.69, 9.17) is 29.0 Å². The highest BCUT2D eigenvalue weighted by atomic mass is 31.2. The molecule has 10 unspecified atom stereocenters. The molecule has 0 aromatic carbocycles. The summed E-state index contributed by atoms with van der Waals surface area (Å²) < 4.78 is 39.9. The molecule has 2 amide bonds. The third-order valence-corrected chi connectivity index (χ3v) is 9.52. The molecule has 3 heterocycles. The number of alkyl carbamates (subject to hydrolysis) is 1. The first kappa shape index (κ1) is 41.2. The second-order valence-corrected chi connectivity index (χ2v) is 13.8. The van der Waals surface area contributed by atoms with Gasteiger partial charge in [-0.2, -0.15) is 4.98 Å². The van der Waals surface area contributed by atoms with Crippen molar-refractivity contribution in [2.45, 2.75) is 106 Å². The first-order valence-corrected chi connectivity index (χ1v) is 17.8. The van der Waals surface area contributed by atoms with Crippen LogP contribution >= 0.6 is 7.82 Å². The number of phosphoric acid groups is 1. The fraction of sp³-hybridized carbons (Fsp3) is 0.690. The highest BCUT2D eigenvalue weighted by Crippen LogP contribution is 2.51. The molecular formula is C29H44N5O17P. The van der Waals surface area contributed by atoms with Gasteiger partial charge in [-0.05, 0) is 38.2 Å². The van der Waals surface area contributed by atoms with Crippen LogP contribution in [-0.2, 0) is 37.4 Å². The number of aromatic nitrogens is 2. The highest BCUT2D eigenvalue weighted by Gasteiger charge is 2.57. The van der Waals surface area contributed by atoms with Crippen LogP contribution in [0.25, 0.3) is 0 Å². The molecule has 52 heavy (non-hydrogen) atoms. The normalized spacial score (nSPS) is 33.1. The maximum Gasteiger partial charge on any atom is 0.475 e. The molecule has 23 heteroatoms. The predicted molar refractivity (Wildman–Crippen MR) is 172 cm³/mol. The van der Waals surface area contributed by atoms with Crippen LogP contribution in [0, 0.1) is 0 Å². The molecule has 1 aromatic heterocycles. The van der Waals surface area contributed by atoms with Gasteiger partial charge < -0.3 is 66.1 Å². The number of phosphoric ester groups is 1. The minimum absolute atomic E-state index is 0.135. The van der Waals surface area contributed by atoms with Crippen molar-refractivity contribution in [2.24, 2.45) is 0 Å². The van der Waals surface area contributed by atoms with E-state index in [2.05, 4.69) is 15.6 Å². The zero-order chi connectivity index (χ0) is 38.2. The molecule has 11 atom stereocenters. The molecule has 2 saturated heterocycles. The van der Waals surface area contributed by atoms with Crippen molar-refractivity contribution in [3.8, 4) is 0 Å². The number of aliphatic hydroxyl groups is 5. The Balaban J connectivity index is 1.39. The SMILES string of the molecule is Nc1ccn(C2OC(COP(=O)(O)OC3(C(=O)O)CC(O)C(NC(=O)CNC(=O)OC4CC/C=C/CCC4)C(C[C@H](O)CO)O3)C(O)C2O)c(=O)n1. The average molecular weight is 766 g/mol. The Bertz CT molecular complexity index is 1550. The zero-order valence-electron chi connectivity index (χ0n) is 27.7. The monoisotopic (exact) mass is 765 g/mol. The number of hydrogen-bond acceptors (Lipinski definition) is 17. The number of carbonyl (C=O) groups is 3. The summed E-state index contributed by atoms with van der Waals surface area (Å²) >= 11 is 0. The van der Waals surface area contributed by atoms with E-state index in [-0.39, 0.29) is 11.9 Å². The number of amides is 2. The van der Waals surface area contributed by atoms with Crippen molar-refractivity contribution in [2.75, 3.05) is 25.5 Å². The molecule has 0 radical (unpaired) electrons. The van der Waals surface area contributed by atoms with Gasteiger partial charge in [0.1, 0.15) is 36.8 Å². The van der Waals surface area contributed by atoms with Gasteiger partial charge in [0.15, 0.2) is 6.23 Å². The number of ether oxygens (including phenoxy) is 3. The van der Waals surface area contributed by atoms with E-state index in [1.807, 2.05) is 12.2 Å². The molecule has 11 N–H and O–H groups in total. The molecule has 0 saturated carbocycles. The van der Waals surface area contributed by atoms with Crippen LogP contribution < -0.4 is 22.1 Å². The van der Waals surface area contributed by atoms with Crippen molar-refractivity contribution in [3.05, 3.63) is 34.9 Å². The maximum atomic E-state index is 13.1. The van der Waals surface area contributed by atoms with E-state index in [1.54, 1.807) is 0 Å². The van der Waals surface area contributed by atoms with Crippen molar-refractivity contribution >= 4 is 31.6 Å². The van der Waals surface area contributed by atoms with Crippen molar-refractivity contribution in [1.82, 2.24) is 20.2 Å². The van der Waals surface area contributed by atoms with Gasteiger partial charge in [0.25, 0.3) is 5.79 Å². The summed E-state index contributed by atoms with van der Waals surface area (Å²) in [6.07, 6.45) is -5.98. The number of carbonyl (C=O) groups excluding carboxylic acids is 2. The summed E-state index contributed by atoms with van der Waals surface area (Å²) in [5.74, 6) is -6.19. The fourth-order valence-electron chi connectivity index (χ4n) is 5.90. The second-order valence-electron chi connectivity index (χ2n) is 12.5. The van der Waals surface area contributed by atoms with Crippen LogP contribution in [0.2, 0.25) is 0 Å². The second kappa shape index (κ2) is 18.0. The van der Waals surface area contributed by atoms with Gasteiger partial charge in [-0.1, -0.05) is 12.2 Å². The zero-order valence-corrected chi connectivity index (χ0v) is 28.6. The Labute approximate surface area is 295 Å². The first-order valence-electron chi connectivity index (χ1n) is 16.4. The minimum Gasteiger partial charge on any atom is -0.477 e. The number of hydrogen-bond donors (Lipinski definition) is 10. The van der Waals surface area contributed by atoms with Crippen LogP contribution in [0.15, 0.2) is 29.2 Å². The van der Waals surface area contributed by atoms with Gasteiger partial charge in [-0.25, -0.2) is 23.5 Å². The summed E-state index contributed by atoms with van der Waals surface area (Å²) in [6, 6.07) is -0.285. The van der Waals surface area contributed by atoms with Gasteiger partial charge in [0.05, 0.1) is 37.6 Å². The summed E-state index contributed by atoms with van der Waals surface area (Å²) in [5, 5.41) is 66.1. The number of nitrogens with zero attached hydrogens (tertiary/aromatic N) is 2. The van der Waals surface area contributed by atoms with Gasteiger partial charge in [-0.15, -0.1) is 0 Å². The van der Waals surface area contributed by atoms with Gasteiger partial charge in [0, 0.05) is 19.0 Å². The Morgan fingerprint density at radius 2 is 1.88 bits per heavy atom. The number of anilines is 1. The summed E-state index contributed by atoms with van der Waals surface area (Å²) in [4.78, 5) is 63.8. The summed E-state index contributed by atoms with van der Waals surface area (Å²) in [5.41, 5.74) is 4.51. The van der Waals surface area contributed by atoms with E-state index in [0.29, 0.717) is 19.3 Å². The lowest BCUT2D eigenvalue weighted by Crippen LogP contribution is -2.64. The Kier molecular flexibility index (Phi) is 14.3. The smallest absolute Gasteiger partial charge is 0.475 e. The molecule has 4 rings (SSSR count). The van der Waals surface area contributed by atoms with Crippen LogP contribution in [-0.4, -0.2) is 137 Å². The van der Waals surface area contributed by atoms with Crippen LogP contribution in [0.3, 0.4) is 0 Å². The third-order valence-electron chi connectivity index (χ3n) is 8.52. The number of aliphatic hydroxyl groups excluding tert-OH is 5. The third kappa shape index (κ3) is 10.8. The lowest BCUT2D eigenvalue weighted by atomic mass is 9.90. The number of aliphatic carboxylic acids is 1. The fourth-order valence-corrected chi connectivity index (χ4v) is 6.86. The molecule has 1 aromatic rings. The van der Waals surface area contributed by atoms with E-state index < -0.39 is 119 Å². The molecule has 2 aliphatic heterocycles. The lowest BCUT2D eigenvalue weighted by Gasteiger charge is -2.45. The number of nitrogens with two attached hydrogens (primary N) is 1. The van der Waals surface area contributed by atoms with E-state index in [1.165, 1.54) is 6.07 Å². The van der Waals surface area contributed by atoms with Crippen LogP contribution in [0.4, 0.5) is 10.6 Å². The number of rotatable bonds is 14. The average Bonchev–Trinajstić information content (AvgIpc) is 3.34. The van der Waals surface area contributed by atoms with Gasteiger partial charge in [-0.3, -0.25) is 13.9 Å². The molecule has 3 aliphatic rings. The van der Waals surface area contributed by atoms with E-state index >= 15 is 0 Å². The van der Waals surface area contributed by atoms with Crippen molar-refractivity contribution in [1.29, 1.82) is 0 Å². The van der Waals surface area contributed by atoms with Crippen molar-refractivity contribution in [3.63, 3.8) is 0 Å². The number of carboxylic acids is 1. The summed E-state index contributed by atoms with van der Waals surface area (Å²) in [6.45, 7) is -2.51. The first-order chi connectivity index (χ1) is 24.5. The van der Waals surface area contributed by atoms with Crippen molar-refractivity contribution < 1.29 is 77.7 Å². The number of nitrogen functional groups attached to an aromatic ring is 1. The number of allylic oxidation sites excluding steroid dienone is 2. The molecule has 2 fully saturated rings. The molecular weight excluding hydrogens is 721 g/mol. The topological polar surface area (TPSA) is 341 Å². The summed E-state index contributed by atoms with van der Waals surface area (Å²) in [7, 11) is -5.52. The minimum atomic E-state index is -5.52. The Hall–Kier alpha value is -3.54. The van der Waals surface area contributed by atoms with E-state index in [9.17, 15) is 59.3 Å².